The van der Waals surface area contributed by atoms with Gasteiger partial charge in [-0.1, -0.05) is 62.1 Å². The third kappa shape index (κ3) is 5.61. The smallest absolute Gasteiger partial charge is 0.317 e. The van der Waals surface area contributed by atoms with Crippen molar-refractivity contribution in [3.63, 3.8) is 0 Å². The zero-order valence-corrected chi connectivity index (χ0v) is 21.9. The molecular weight excluding hydrogens is 506 g/mol. The normalized spacial score (nSPS) is 27.2. The molecule has 7 heteroatoms. The van der Waals surface area contributed by atoms with Gasteiger partial charge in [0.2, 0.25) is 0 Å². The summed E-state index contributed by atoms with van der Waals surface area (Å²) in [6, 6.07) is 15.8. The second-order valence-electron chi connectivity index (χ2n) is 10.5. The summed E-state index contributed by atoms with van der Waals surface area (Å²) in [6.45, 7) is 3.08. The Bertz CT molecular complexity index is 985. The van der Waals surface area contributed by atoms with E-state index >= 15 is 0 Å². The molecule has 35 heavy (non-hydrogen) atoms. The lowest BCUT2D eigenvalue weighted by Crippen LogP contribution is -3.00. The summed E-state index contributed by atoms with van der Waals surface area (Å²) >= 11 is 0. The van der Waals surface area contributed by atoms with Crippen molar-refractivity contribution < 1.29 is 35.8 Å². The van der Waals surface area contributed by atoms with Crippen molar-refractivity contribution >= 4 is 17.7 Å². The number of aromatic nitrogens is 1. The summed E-state index contributed by atoms with van der Waals surface area (Å²) < 4.78 is 7.10. The van der Waals surface area contributed by atoms with E-state index in [2.05, 4.69) is 22.4 Å². The van der Waals surface area contributed by atoms with Gasteiger partial charge in [-0.2, -0.15) is 0 Å². The molecule has 3 saturated heterocycles. The van der Waals surface area contributed by atoms with Crippen LogP contribution in [0.3, 0.4) is 0 Å². The van der Waals surface area contributed by atoms with Gasteiger partial charge in [-0.3, -0.25) is 9.59 Å². The predicted molar refractivity (Wildman–Crippen MR) is 131 cm³/mol. The van der Waals surface area contributed by atoms with Crippen molar-refractivity contribution in [1.29, 1.82) is 0 Å². The van der Waals surface area contributed by atoms with Gasteiger partial charge < -0.3 is 31.5 Å². The van der Waals surface area contributed by atoms with Crippen molar-refractivity contribution in [2.75, 3.05) is 31.5 Å². The Hall–Kier alpha value is -2.25. The van der Waals surface area contributed by atoms with Gasteiger partial charge in [0.05, 0.1) is 18.5 Å². The number of piperidine rings is 3. The second-order valence-corrected chi connectivity index (χ2v) is 10.5. The number of nitrogens with zero attached hydrogens (tertiary/aromatic N) is 2. The van der Waals surface area contributed by atoms with Gasteiger partial charge in [0.1, 0.15) is 12.4 Å². The number of quaternary nitrogens is 1. The number of hydrogen-bond donors (Lipinski definition) is 1. The van der Waals surface area contributed by atoms with Crippen molar-refractivity contribution in [2.24, 2.45) is 5.92 Å². The molecular formula is C28H36BrN3O3. The fourth-order valence-corrected chi connectivity index (χ4v) is 6.45. The van der Waals surface area contributed by atoms with E-state index in [0.29, 0.717) is 22.8 Å². The van der Waals surface area contributed by atoms with Gasteiger partial charge >= 0.3 is 5.97 Å². The summed E-state index contributed by atoms with van der Waals surface area (Å²) in [5.41, 5.74) is 0.562. The van der Waals surface area contributed by atoms with E-state index in [0.717, 1.165) is 63.7 Å². The molecule has 6 rings (SSSR count). The van der Waals surface area contributed by atoms with Crippen molar-refractivity contribution in [1.82, 2.24) is 4.98 Å². The van der Waals surface area contributed by atoms with E-state index in [9.17, 15) is 9.59 Å². The van der Waals surface area contributed by atoms with Crippen LogP contribution in [0.25, 0.3) is 0 Å². The standard InChI is InChI=1S/C28H35N3O3.BrH/c32-26(30-25-12-6-9-17-29-25)21-31-18-13-22(14-19-31)24(20-31)34-27(33)28(15-7-1-2-8-16-28)23-10-4-3-5-11-23;/h3-6,9-12,17,22,24H,1-2,7-8,13-16,18-21H2;1H. The van der Waals surface area contributed by atoms with Crippen LogP contribution in [0.4, 0.5) is 5.82 Å². The molecule has 2 bridgehead atoms. The van der Waals surface area contributed by atoms with Crippen LogP contribution in [0.5, 0.6) is 0 Å². The molecule has 2 aromatic rings. The minimum Gasteiger partial charge on any atom is -1.00 e. The molecule has 3 aliphatic heterocycles. The van der Waals surface area contributed by atoms with E-state index in [-0.39, 0.29) is 35.0 Å². The second kappa shape index (κ2) is 11.2. The average molecular weight is 543 g/mol. The highest BCUT2D eigenvalue weighted by Gasteiger charge is 2.51. The first kappa shape index (κ1) is 25.8. The number of hydrogen-bond acceptors (Lipinski definition) is 4. The molecule has 4 heterocycles. The summed E-state index contributed by atoms with van der Waals surface area (Å²) in [6.07, 6.45) is 9.79. The monoisotopic (exact) mass is 541 g/mol. The zero-order valence-electron chi connectivity index (χ0n) is 20.3. The molecule has 1 aromatic heterocycles. The molecule has 1 saturated carbocycles. The molecule has 1 N–H and O–H groups in total. The number of rotatable bonds is 6. The summed E-state index contributed by atoms with van der Waals surface area (Å²) in [5, 5.41) is 2.93. The molecule has 4 aliphatic rings. The molecule has 6 nitrogen and oxygen atoms in total. The zero-order chi connectivity index (χ0) is 23.4. The Labute approximate surface area is 218 Å². The van der Waals surface area contributed by atoms with Crippen LogP contribution < -0.4 is 22.3 Å². The van der Waals surface area contributed by atoms with Crippen LogP contribution in [0, 0.1) is 5.92 Å². The molecule has 1 amide bonds. The van der Waals surface area contributed by atoms with Crippen LogP contribution in [-0.4, -0.2) is 53.6 Å². The summed E-state index contributed by atoms with van der Waals surface area (Å²) in [4.78, 5) is 30.9. The molecule has 1 aromatic carbocycles. The van der Waals surface area contributed by atoms with Crippen molar-refractivity contribution in [3.8, 4) is 0 Å². The predicted octanol–water partition coefficient (Wildman–Crippen LogP) is 1.47. The number of anilines is 1. The lowest BCUT2D eigenvalue weighted by Gasteiger charge is -2.52. The largest absolute Gasteiger partial charge is 1.00 e. The van der Waals surface area contributed by atoms with Crippen LogP contribution in [0.15, 0.2) is 54.7 Å². The highest BCUT2D eigenvalue weighted by molar-refractivity contribution is 5.90. The highest BCUT2D eigenvalue weighted by Crippen LogP contribution is 2.42. The molecule has 188 valence electrons. The summed E-state index contributed by atoms with van der Waals surface area (Å²) in [7, 11) is 0. The number of fused-ring (bicyclic) bond motifs is 3. The Morgan fingerprint density at radius 2 is 1.66 bits per heavy atom. The number of benzene rings is 1. The lowest BCUT2D eigenvalue weighted by atomic mass is 9.74. The molecule has 1 aliphatic carbocycles. The molecule has 4 fully saturated rings. The van der Waals surface area contributed by atoms with E-state index in [1.807, 2.05) is 30.3 Å². The van der Waals surface area contributed by atoms with E-state index in [4.69, 9.17) is 4.74 Å². The van der Waals surface area contributed by atoms with Gasteiger partial charge in [0.15, 0.2) is 12.6 Å². The number of ether oxygens (including phenoxy) is 1. The third-order valence-corrected chi connectivity index (χ3v) is 8.39. The number of carbonyl (C=O) groups excluding carboxylic acids is 2. The number of pyridine rings is 1. The lowest BCUT2D eigenvalue weighted by molar-refractivity contribution is -0.939. The van der Waals surface area contributed by atoms with Gasteiger partial charge in [0, 0.05) is 25.0 Å². The molecule has 1 unspecified atom stereocenters. The number of halogens is 1. The number of amides is 1. The Balaban J connectivity index is 0.00000289. The van der Waals surface area contributed by atoms with Crippen LogP contribution in [0.1, 0.15) is 56.9 Å². The first-order valence-electron chi connectivity index (χ1n) is 12.9. The fourth-order valence-electron chi connectivity index (χ4n) is 6.45. The quantitative estimate of drug-likeness (QED) is 0.341. The maximum absolute atomic E-state index is 13.9. The Morgan fingerprint density at radius 3 is 2.31 bits per heavy atom. The van der Waals surface area contributed by atoms with E-state index in [1.54, 1.807) is 12.3 Å². The number of nitrogens with one attached hydrogen (secondary N) is 1. The highest BCUT2D eigenvalue weighted by atomic mass is 79.9. The maximum Gasteiger partial charge on any atom is 0.317 e. The molecule has 1 atom stereocenters. The molecule has 0 spiro atoms. The van der Waals surface area contributed by atoms with Gasteiger partial charge in [0.25, 0.3) is 5.91 Å². The van der Waals surface area contributed by atoms with Gasteiger partial charge in [-0.15, -0.1) is 0 Å². The number of carbonyl (C=O) groups is 2. The van der Waals surface area contributed by atoms with Crippen molar-refractivity contribution in [3.05, 3.63) is 60.3 Å². The number of esters is 1. The van der Waals surface area contributed by atoms with Crippen LogP contribution in [-0.2, 0) is 19.7 Å². The topological polar surface area (TPSA) is 68.3 Å². The maximum atomic E-state index is 13.9. The van der Waals surface area contributed by atoms with E-state index < -0.39 is 5.41 Å². The first-order chi connectivity index (χ1) is 16.6. The Kier molecular flexibility index (Phi) is 8.27. The minimum atomic E-state index is -0.537. The average Bonchev–Trinajstić information content (AvgIpc) is 3.13. The first-order valence-corrected chi connectivity index (χ1v) is 12.9. The molecule has 0 radical (unpaired) electrons. The van der Waals surface area contributed by atoms with Gasteiger partial charge in [-0.05, 0) is 30.5 Å². The third-order valence-electron chi connectivity index (χ3n) is 8.39. The minimum absolute atomic E-state index is 0. The van der Waals surface area contributed by atoms with Crippen LogP contribution >= 0.6 is 0 Å². The van der Waals surface area contributed by atoms with Crippen LogP contribution in [0.2, 0.25) is 0 Å². The van der Waals surface area contributed by atoms with E-state index in [1.165, 1.54) is 12.8 Å². The van der Waals surface area contributed by atoms with Gasteiger partial charge in [-0.25, -0.2) is 4.98 Å². The SMILES string of the molecule is O=C(C[N+]12CCC(CC1)C(OC(=O)C1(c3ccccc3)CCCCCC1)C2)Nc1ccccn1.[Br-]. The van der Waals surface area contributed by atoms with Crippen molar-refractivity contribution in [2.45, 2.75) is 62.9 Å². The fraction of sp³-hybridized carbons (Fsp3) is 0.536. The summed E-state index contributed by atoms with van der Waals surface area (Å²) in [5.74, 6) is 0.921. The Morgan fingerprint density at radius 1 is 0.971 bits per heavy atom.